The molecule has 0 bridgehead atoms. The second kappa shape index (κ2) is 23.4. The first-order valence-corrected chi connectivity index (χ1v) is 17.9. The smallest absolute Gasteiger partial charge is 0.224 e. The fourth-order valence-corrected chi connectivity index (χ4v) is 5.75. The first kappa shape index (κ1) is 40.4. The number of aliphatic hydroxyl groups is 1. The third-order valence-electron chi connectivity index (χ3n) is 8.45. The van der Waals surface area contributed by atoms with Gasteiger partial charge < -0.3 is 42.2 Å². The van der Waals surface area contributed by atoms with Gasteiger partial charge in [-0.3, -0.25) is 14.7 Å². The molecule has 0 aromatic heterocycles. The molecule has 1 heterocycles. The van der Waals surface area contributed by atoms with Gasteiger partial charge in [0.25, 0.3) is 0 Å². The van der Waals surface area contributed by atoms with Gasteiger partial charge in [-0.2, -0.15) is 0 Å². The summed E-state index contributed by atoms with van der Waals surface area (Å²) in [6.07, 6.45) is 10.6. The van der Waals surface area contributed by atoms with Crippen molar-refractivity contribution >= 4 is 24.0 Å². The number of carbonyl (C=O) groups excluding carboxylic acids is 1. The minimum Gasteiger partial charge on any atom is -0.496 e. The van der Waals surface area contributed by atoms with Crippen LogP contribution in [0.1, 0.15) is 68.6 Å². The Morgan fingerprint density at radius 2 is 1.82 bits per heavy atom. The van der Waals surface area contributed by atoms with E-state index in [1.807, 2.05) is 36.5 Å². The lowest BCUT2D eigenvalue weighted by atomic mass is 10.1. The van der Waals surface area contributed by atoms with Crippen LogP contribution in [0.5, 0.6) is 5.75 Å². The van der Waals surface area contributed by atoms with Gasteiger partial charge in [0.15, 0.2) is 5.82 Å². The van der Waals surface area contributed by atoms with Crippen LogP contribution < -0.4 is 32.2 Å². The molecule has 12 nitrogen and oxygen atoms in total. The van der Waals surface area contributed by atoms with E-state index in [1.54, 1.807) is 7.11 Å². The van der Waals surface area contributed by atoms with E-state index in [0.29, 0.717) is 45.0 Å². The van der Waals surface area contributed by atoms with Gasteiger partial charge in [-0.15, -0.1) is 0 Å². The summed E-state index contributed by atoms with van der Waals surface area (Å²) >= 11 is 0. The van der Waals surface area contributed by atoms with Gasteiger partial charge in [0.1, 0.15) is 11.4 Å². The molecular formula is C38H59N9O3. The number of rotatable bonds is 25. The van der Waals surface area contributed by atoms with E-state index >= 15 is 0 Å². The average molecular weight is 690 g/mol. The number of benzene rings is 2. The molecule has 2 aromatic carbocycles. The number of aliphatic imine (C=N–C) groups is 2. The molecule has 0 unspecified atom stereocenters. The van der Waals surface area contributed by atoms with Gasteiger partial charge in [0, 0.05) is 63.1 Å². The van der Waals surface area contributed by atoms with Gasteiger partial charge in [-0.1, -0.05) is 50.5 Å². The monoisotopic (exact) mass is 689 g/mol. The molecule has 2 aromatic rings. The standard InChI is InChI=1S/C38H59N9O3/c1-4-5-9-19-43-38(41-2)37-34(44-29-40)17-21-47(37)28-32-14-11-31(25-35(32)50-3)27-46(23-24-48)22-20-42-26-30-12-15-33(16-13-30)45-36(49)10-7-6-8-18-39/h11-17,21,25,42-43,48H,2,4-10,18-20,22-24,26-29,39-40H2,1,3H3,(H,45,49)/b38-37-,44-34-. The number of unbranched alkanes of at least 4 members (excludes halogenated alkanes) is 4. The van der Waals surface area contributed by atoms with E-state index in [9.17, 15) is 9.90 Å². The zero-order valence-corrected chi connectivity index (χ0v) is 30.1. The Labute approximate surface area is 298 Å². The maximum absolute atomic E-state index is 12.2. The third-order valence-corrected chi connectivity index (χ3v) is 8.45. The first-order valence-electron chi connectivity index (χ1n) is 17.9. The summed E-state index contributed by atoms with van der Waals surface area (Å²) in [5.74, 6) is 1.51. The number of amides is 1. The summed E-state index contributed by atoms with van der Waals surface area (Å²) in [5, 5.41) is 19.7. The van der Waals surface area contributed by atoms with Crippen LogP contribution in [0.3, 0.4) is 0 Å². The molecule has 0 aliphatic carbocycles. The van der Waals surface area contributed by atoms with Crippen LogP contribution in [0.4, 0.5) is 5.69 Å². The van der Waals surface area contributed by atoms with Crippen molar-refractivity contribution in [2.24, 2.45) is 21.5 Å². The minimum atomic E-state index is 0.0340. The number of nitrogens with zero attached hydrogens (tertiary/aromatic N) is 4. The Balaban J connectivity index is 1.56. The van der Waals surface area contributed by atoms with Crippen molar-refractivity contribution in [1.82, 2.24) is 20.4 Å². The summed E-state index contributed by atoms with van der Waals surface area (Å²) in [4.78, 5) is 25.3. The maximum Gasteiger partial charge on any atom is 0.224 e. The summed E-state index contributed by atoms with van der Waals surface area (Å²) in [5.41, 5.74) is 17.0. The second-order valence-corrected chi connectivity index (χ2v) is 12.3. The highest BCUT2D eigenvalue weighted by Crippen LogP contribution is 2.28. The van der Waals surface area contributed by atoms with Gasteiger partial charge in [-0.25, -0.2) is 4.99 Å². The van der Waals surface area contributed by atoms with Crippen LogP contribution >= 0.6 is 0 Å². The second-order valence-electron chi connectivity index (χ2n) is 12.3. The summed E-state index contributed by atoms with van der Waals surface area (Å²) in [6, 6.07) is 14.2. The Morgan fingerprint density at radius 1 is 1.02 bits per heavy atom. The van der Waals surface area contributed by atoms with Crippen LogP contribution in [-0.2, 0) is 24.4 Å². The third kappa shape index (κ3) is 13.7. The molecule has 50 heavy (non-hydrogen) atoms. The van der Waals surface area contributed by atoms with Crippen molar-refractivity contribution in [2.45, 2.75) is 71.5 Å². The fourth-order valence-electron chi connectivity index (χ4n) is 5.75. The lowest BCUT2D eigenvalue weighted by Crippen LogP contribution is -2.33. The minimum absolute atomic E-state index is 0.0340. The Hall–Kier alpha value is -4.07. The van der Waals surface area contributed by atoms with Crippen LogP contribution in [0.25, 0.3) is 0 Å². The van der Waals surface area contributed by atoms with E-state index in [1.165, 1.54) is 0 Å². The van der Waals surface area contributed by atoms with E-state index in [-0.39, 0.29) is 19.2 Å². The molecule has 1 amide bonds. The zero-order chi connectivity index (χ0) is 36.0. The van der Waals surface area contributed by atoms with Crippen molar-refractivity contribution in [3.05, 3.63) is 82.9 Å². The number of nitrogens with one attached hydrogen (secondary N) is 3. The molecule has 0 atom stereocenters. The van der Waals surface area contributed by atoms with Crippen molar-refractivity contribution in [2.75, 3.05) is 58.4 Å². The number of ether oxygens (including phenoxy) is 1. The quantitative estimate of drug-likeness (QED) is 0.0666. The van der Waals surface area contributed by atoms with E-state index in [0.717, 1.165) is 97.7 Å². The highest BCUT2D eigenvalue weighted by molar-refractivity contribution is 6.10. The molecule has 0 spiro atoms. The topological polar surface area (TPSA) is 166 Å². The van der Waals surface area contributed by atoms with Gasteiger partial charge in [0.2, 0.25) is 5.91 Å². The summed E-state index contributed by atoms with van der Waals surface area (Å²) in [7, 11) is 1.69. The number of anilines is 1. The van der Waals surface area contributed by atoms with E-state index in [2.05, 4.69) is 67.6 Å². The fraction of sp³-hybridized carbons (Fsp3) is 0.500. The SMILES string of the molecule is C=N/C(NCCCCC)=C1\C(=N/CN)C=CN1Cc1ccc(CN(CCO)CCNCc2ccc(NC(=O)CCCCCN)cc2)cc1OC. The molecule has 8 N–H and O–H groups in total. The number of hydrogen-bond acceptors (Lipinski definition) is 11. The van der Waals surface area contributed by atoms with Crippen LogP contribution in [0.2, 0.25) is 0 Å². The normalized spacial score (nSPS) is 14.4. The van der Waals surface area contributed by atoms with Crippen LogP contribution in [0.15, 0.2) is 76.2 Å². The molecule has 0 fully saturated rings. The summed E-state index contributed by atoms with van der Waals surface area (Å²) < 4.78 is 5.85. The van der Waals surface area contributed by atoms with Crippen LogP contribution in [-0.4, -0.2) is 86.4 Å². The van der Waals surface area contributed by atoms with Crippen molar-refractivity contribution in [3.8, 4) is 5.75 Å². The number of allylic oxidation sites excluding steroid dienone is 1. The lowest BCUT2D eigenvalue weighted by Gasteiger charge is -2.24. The maximum atomic E-state index is 12.2. The number of methoxy groups -OCH3 is 1. The Kier molecular flexibility index (Phi) is 18.9. The molecule has 1 aliphatic heterocycles. The molecule has 274 valence electrons. The first-order chi connectivity index (χ1) is 24.5. The van der Waals surface area contributed by atoms with Crippen molar-refractivity contribution < 1.29 is 14.6 Å². The predicted molar refractivity (Wildman–Crippen MR) is 205 cm³/mol. The largest absolute Gasteiger partial charge is 0.496 e. The molecule has 3 rings (SSSR count). The molecule has 1 aliphatic rings. The lowest BCUT2D eigenvalue weighted by molar-refractivity contribution is -0.116. The highest BCUT2D eigenvalue weighted by atomic mass is 16.5. The predicted octanol–water partition coefficient (Wildman–Crippen LogP) is 4.07. The molecule has 12 heteroatoms. The zero-order valence-electron chi connectivity index (χ0n) is 30.1. The van der Waals surface area contributed by atoms with Gasteiger partial charge in [-0.05, 0) is 67.9 Å². The van der Waals surface area contributed by atoms with Crippen LogP contribution in [0, 0.1) is 0 Å². The summed E-state index contributed by atoms with van der Waals surface area (Å²) in [6.45, 7) is 11.7. The number of aliphatic hydroxyl groups excluding tert-OH is 1. The molecule has 0 saturated heterocycles. The molecule has 0 radical (unpaired) electrons. The number of carbonyl (C=O) groups is 1. The Morgan fingerprint density at radius 3 is 2.52 bits per heavy atom. The number of hydrogen-bond donors (Lipinski definition) is 6. The average Bonchev–Trinajstić information content (AvgIpc) is 3.51. The van der Waals surface area contributed by atoms with E-state index in [4.69, 9.17) is 16.2 Å². The van der Waals surface area contributed by atoms with Crippen molar-refractivity contribution in [3.63, 3.8) is 0 Å². The number of nitrogens with two attached hydrogens (primary N) is 2. The molecule has 0 saturated carbocycles. The molecular weight excluding hydrogens is 630 g/mol. The van der Waals surface area contributed by atoms with E-state index < -0.39 is 0 Å². The van der Waals surface area contributed by atoms with Gasteiger partial charge >= 0.3 is 0 Å². The van der Waals surface area contributed by atoms with Crippen molar-refractivity contribution in [1.29, 1.82) is 0 Å². The highest BCUT2D eigenvalue weighted by Gasteiger charge is 2.24. The van der Waals surface area contributed by atoms with Gasteiger partial charge in [0.05, 0.1) is 32.6 Å². The Bertz CT molecular complexity index is 1410.